The van der Waals surface area contributed by atoms with Crippen LogP contribution in [0.3, 0.4) is 0 Å². The van der Waals surface area contributed by atoms with Gasteiger partial charge in [-0.3, -0.25) is 19.5 Å². The van der Waals surface area contributed by atoms with Gasteiger partial charge < -0.3 is 4.90 Å². The summed E-state index contributed by atoms with van der Waals surface area (Å²) in [6.07, 6.45) is 5.45. The fourth-order valence-corrected chi connectivity index (χ4v) is 4.06. The maximum absolute atomic E-state index is 13.4. The molecule has 2 aliphatic heterocycles. The van der Waals surface area contributed by atoms with Crippen LogP contribution < -0.4 is 0 Å². The average molecular weight is 389 g/mol. The number of benzene rings is 1. The van der Waals surface area contributed by atoms with E-state index in [4.69, 9.17) is 0 Å². The number of hydrogen-bond acceptors (Lipinski definition) is 4. The Morgan fingerprint density at radius 1 is 0.966 bits per heavy atom. The minimum Gasteiger partial charge on any atom is -0.366 e. The van der Waals surface area contributed by atoms with Gasteiger partial charge in [-0.05, 0) is 67.0 Å². The van der Waals surface area contributed by atoms with E-state index in [1.807, 2.05) is 37.3 Å². The SMILES string of the molecule is Cc1ccc(C2=C(N3CCC(C)CC3)C(=O)N(Cc3ccncc3)C2=O)cc1C. The second kappa shape index (κ2) is 7.82. The zero-order chi connectivity index (χ0) is 20.5. The number of imide groups is 1. The van der Waals surface area contributed by atoms with Crippen molar-refractivity contribution in [3.05, 3.63) is 70.7 Å². The average Bonchev–Trinajstić information content (AvgIpc) is 2.96. The Kier molecular flexibility index (Phi) is 5.22. The standard InChI is InChI=1S/C24H27N3O2/c1-16-8-12-26(13-9-16)22-21(20-5-4-17(2)18(3)14-20)23(28)27(24(22)29)15-19-6-10-25-11-7-19/h4-7,10-11,14,16H,8-9,12-13,15H2,1-3H3. The predicted octanol–water partition coefficient (Wildman–Crippen LogP) is 3.71. The Morgan fingerprint density at radius 3 is 2.31 bits per heavy atom. The Bertz CT molecular complexity index is 973. The summed E-state index contributed by atoms with van der Waals surface area (Å²) >= 11 is 0. The molecule has 2 aromatic rings. The van der Waals surface area contributed by atoms with Gasteiger partial charge in [0.1, 0.15) is 5.70 Å². The van der Waals surface area contributed by atoms with Crippen molar-refractivity contribution in [3.63, 3.8) is 0 Å². The van der Waals surface area contributed by atoms with Crippen LogP contribution in [-0.2, 0) is 16.1 Å². The van der Waals surface area contributed by atoms with Gasteiger partial charge >= 0.3 is 0 Å². The molecule has 0 saturated carbocycles. The summed E-state index contributed by atoms with van der Waals surface area (Å²) < 4.78 is 0. The molecule has 0 atom stereocenters. The third-order valence-corrected chi connectivity index (χ3v) is 6.13. The highest BCUT2D eigenvalue weighted by Crippen LogP contribution is 2.35. The van der Waals surface area contributed by atoms with Gasteiger partial charge in [-0.25, -0.2) is 0 Å². The summed E-state index contributed by atoms with van der Waals surface area (Å²) in [5, 5.41) is 0. The van der Waals surface area contributed by atoms with Crippen molar-refractivity contribution in [1.82, 2.24) is 14.8 Å². The highest BCUT2D eigenvalue weighted by Gasteiger charge is 2.42. The molecule has 2 amide bonds. The lowest BCUT2D eigenvalue weighted by atomic mass is 9.96. The van der Waals surface area contributed by atoms with E-state index >= 15 is 0 Å². The summed E-state index contributed by atoms with van der Waals surface area (Å²) in [6, 6.07) is 9.70. The van der Waals surface area contributed by atoms with Crippen LogP contribution in [0.1, 0.15) is 42.0 Å². The van der Waals surface area contributed by atoms with E-state index < -0.39 is 0 Å². The van der Waals surface area contributed by atoms with Crippen LogP contribution in [0.5, 0.6) is 0 Å². The summed E-state index contributed by atoms with van der Waals surface area (Å²) in [7, 11) is 0. The fourth-order valence-electron chi connectivity index (χ4n) is 4.06. The van der Waals surface area contributed by atoms with Crippen LogP contribution in [-0.4, -0.2) is 39.7 Å². The lowest BCUT2D eigenvalue weighted by molar-refractivity contribution is -0.138. The summed E-state index contributed by atoms with van der Waals surface area (Å²) in [4.78, 5) is 34.4. The zero-order valence-corrected chi connectivity index (χ0v) is 17.3. The highest BCUT2D eigenvalue weighted by molar-refractivity contribution is 6.35. The lowest BCUT2D eigenvalue weighted by Gasteiger charge is -2.32. The Labute approximate surface area is 172 Å². The largest absolute Gasteiger partial charge is 0.366 e. The van der Waals surface area contributed by atoms with Gasteiger partial charge in [0.2, 0.25) is 0 Å². The number of piperidine rings is 1. The van der Waals surface area contributed by atoms with E-state index in [1.165, 1.54) is 10.5 Å². The fraction of sp³-hybridized carbons (Fsp3) is 0.375. The molecule has 1 aromatic carbocycles. The minimum atomic E-state index is -0.205. The van der Waals surface area contributed by atoms with Gasteiger partial charge in [0.05, 0.1) is 12.1 Å². The summed E-state index contributed by atoms with van der Waals surface area (Å²) in [6.45, 7) is 8.23. The molecule has 0 bridgehead atoms. The normalized spacial score (nSPS) is 18.2. The van der Waals surface area contributed by atoms with E-state index in [2.05, 4.69) is 23.7 Å². The molecule has 5 heteroatoms. The van der Waals surface area contributed by atoms with Gasteiger partial charge in [-0.2, -0.15) is 0 Å². The van der Waals surface area contributed by atoms with Crippen molar-refractivity contribution >= 4 is 17.4 Å². The number of carbonyl (C=O) groups is 2. The third kappa shape index (κ3) is 3.69. The maximum atomic E-state index is 13.4. The molecule has 2 aliphatic rings. The first kappa shape index (κ1) is 19.4. The van der Waals surface area contributed by atoms with Crippen molar-refractivity contribution in [2.45, 2.75) is 40.2 Å². The number of pyridine rings is 1. The second-order valence-electron chi connectivity index (χ2n) is 8.24. The van der Waals surface area contributed by atoms with Crippen LogP contribution in [0.2, 0.25) is 0 Å². The van der Waals surface area contributed by atoms with Crippen LogP contribution >= 0.6 is 0 Å². The van der Waals surface area contributed by atoms with Gasteiger partial charge in [0.15, 0.2) is 0 Å². The topological polar surface area (TPSA) is 53.5 Å². The first-order valence-corrected chi connectivity index (χ1v) is 10.3. The molecular weight excluding hydrogens is 362 g/mol. The molecule has 0 aliphatic carbocycles. The molecule has 0 radical (unpaired) electrons. The van der Waals surface area contributed by atoms with Crippen LogP contribution in [0, 0.1) is 19.8 Å². The molecule has 0 spiro atoms. The number of likely N-dealkylation sites (tertiary alicyclic amines) is 1. The Hall–Kier alpha value is -2.95. The molecule has 0 N–H and O–H groups in total. The molecule has 5 nitrogen and oxygen atoms in total. The highest BCUT2D eigenvalue weighted by atomic mass is 16.2. The molecule has 150 valence electrons. The molecule has 0 unspecified atom stereocenters. The van der Waals surface area contributed by atoms with E-state index in [9.17, 15) is 9.59 Å². The molecule has 3 heterocycles. The van der Waals surface area contributed by atoms with E-state index in [1.54, 1.807) is 12.4 Å². The number of rotatable bonds is 4. The quantitative estimate of drug-likeness (QED) is 0.748. The van der Waals surface area contributed by atoms with Crippen molar-refractivity contribution in [2.24, 2.45) is 5.92 Å². The molecule has 4 rings (SSSR count). The van der Waals surface area contributed by atoms with E-state index in [-0.39, 0.29) is 18.4 Å². The number of carbonyl (C=O) groups excluding carboxylic acids is 2. The zero-order valence-electron chi connectivity index (χ0n) is 17.3. The van der Waals surface area contributed by atoms with Gasteiger partial charge in [-0.1, -0.05) is 25.1 Å². The van der Waals surface area contributed by atoms with Crippen LogP contribution in [0.15, 0.2) is 48.4 Å². The molecule has 1 aromatic heterocycles. The van der Waals surface area contributed by atoms with Gasteiger partial charge in [0, 0.05) is 25.5 Å². The Morgan fingerprint density at radius 2 is 1.66 bits per heavy atom. The van der Waals surface area contributed by atoms with Crippen molar-refractivity contribution < 1.29 is 9.59 Å². The van der Waals surface area contributed by atoms with Crippen LogP contribution in [0.25, 0.3) is 5.57 Å². The molecule has 1 saturated heterocycles. The number of aromatic nitrogens is 1. The number of hydrogen-bond donors (Lipinski definition) is 0. The number of nitrogens with zero attached hydrogens (tertiary/aromatic N) is 3. The Balaban J connectivity index is 1.75. The first-order chi connectivity index (χ1) is 14.0. The second-order valence-corrected chi connectivity index (χ2v) is 8.24. The predicted molar refractivity (Wildman–Crippen MR) is 113 cm³/mol. The maximum Gasteiger partial charge on any atom is 0.278 e. The van der Waals surface area contributed by atoms with Crippen molar-refractivity contribution in [1.29, 1.82) is 0 Å². The third-order valence-electron chi connectivity index (χ3n) is 6.13. The van der Waals surface area contributed by atoms with E-state index in [0.29, 0.717) is 17.2 Å². The monoisotopic (exact) mass is 389 g/mol. The van der Waals surface area contributed by atoms with Crippen molar-refractivity contribution in [2.75, 3.05) is 13.1 Å². The van der Waals surface area contributed by atoms with Gasteiger partial charge in [0.25, 0.3) is 11.8 Å². The molecule has 1 fully saturated rings. The smallest absolute Gasteiger partial charge is 0.278 e. The minimum absolute atomic E-state index is 0.186. The van der Waals surface area contributed by atoms with Gasteiger partial charge in [-0.15, -0.1) is 0 Å². The first-order valence-electron chi connectivity index (χ1n) is 10.3. The van der Waals surface area contributed by atoms with E-state index in [0.717, 1.165) is 42.6 Å². The summed E-state index contributed by atoms with van der Waals surface area (Å²) in [5.74, 6) is 0.260. The number of amides is 2. The number of aryl methyl sites for hydroxylation is 2. The van der Waals surface area contributed by atoms with Crippen LogP contribution in [0.4, 0.5) is 0 Å². The molecule has 29 heavy (non-hydrogen) atoms. The summed E-state index contributed by atoms with van der Waals surface area (Å²) in [5.41, 5.74) is 5.13. The molecular formula is C24H27N3O2. The lowest BCUT2D eigenvalue weighted by Crippen LogP contribution is -2.38. The van der Waals surface area contributed by atoms with Crippen molar-refractivity contribution in [3.8, 4) is 0 Å².